The lowest BCUT2D eigenvalue weighted by atomic mass is 10.2. The third-order valence-electron chi connectivity index (χ3n) is 1.90. The molecule has 1 aromatic rings. The minimum absolute atomic E-state index is 0.00891. The maximum atomic E-state index is 11.9. The third kappa shape index (κ3) is 6.11. The highest BCUT2D eigenvalue weighted by Gasteiger charge is 2.28. The van der Waals surface area contributed by atoms with Crippen LogP contribution >= 0.6 is 0 Å². The molecule has 1 aromatic heterocycles. The normalized spacial score (nSPS) is 11.9. The average molecular weight is 248 g/mol. The molecule has 6 heteroatoms. The van der Waals surface area contributed by atoms with Crippen molar-refractivity contribution in [3.05, 3.63) is 23.9 Å². The second kappa shape index (κ2) is 5.86. The Bertz CT molecular complexity index is 353. The summed E-state index contributed by atoms with van der Waals surface area (Å²) in [6.45, 7) is 3.23. The van der Waals surface area contributed by atoms with Crippen LogP contribution in [-0.4, -0.2) is 23.8 Å². The van der Waals surface area contributed by atoms with Crippen molar-refractivity contribution in [2.45, 2.75) is 32.6 Å². The highest BCUT2D eigenvalue weighted by molar-refractivity contribution is 5.20. The molecule has 0 bridgehead atoms. The molecule has 0 amide bonds. The number of nitrogens with one attached hydrogen (secondary N) is 1. The van der Waals surface area contributed by atoms with Gasteiger partial charge in [0.05, 0.1) is 0 Å². The number of aromatic nitrogens is 1. The summed E-state index contributed by atoms with van der Waals surface area (Å²) in [4.78, 5) is 3.72. The van der Waals surface area contributed by atoms with Crippen molar-refractivity contribution in [1.82, 2.24) is 10.3 Å². The number of nitrogens with zero attached hydrogens (tertiary/aromatic N) is 1. The molecule has 1 heterocycles. The molecule has 0 atom stereocenters. The van der Waals surface area contributed by atoms with Crippen molar-refractivity contribution >= 4 is 0 Å². The van der Waals surface area contributed by atoms with Gasteiger partial charge in [0.2, 0.25) is 5.88 Å². The minimum atomic E-state index is -4.34. The van der Waals surface area contributed by atoms with Gasteiger partial charge in [-0.1, -0.05) is 13.8 Å². The molecule has 0 radical (unpaired) electrons. The van der Waals surface area contributed by atoms with Gasteiger partial charge in [-0.05, 0) is 11.6 Å². The van der Waals surface area contributed by atoms with E-state index < -0.39 is 12.8 Å². The minimum Gasteiger partial charge on any atom is -0.468 e. The molecule has 0 aromatic carbocycles. The average Bonchev–Trinajstić information content (AvgIpc) is 2.23. The Hall–Kier alpha value is -1.30. The second-order valence-electron chi connectivity index (χ2n) is 3.94. The van der Waals surface area contributed by atoms with Crippen LogP contribution in [0.1, 0.15) is 19.4 Å². The fraction of sp³-hybridized carbons (Fsp3) is 0.545. The maximum Gasteiger partial charge on any atom is 0.422 e. The molecular weight excluding hydrogens is 233 g/mol. The van der Waals surface area contributed by atoms with Gasteiger partial charge in [-0.3, -0.25) is 0 Å². The van der Waals surface area contributed by atoms with Crippen molar-refractivity contribution in [1.29, 1.82) is 0 Å². The van der Waals surface area contributed by atoms with E-state index in [4.69, 9.17) is 0 Å². The standard InChI is InChI=1S/C11H15F3N2O/c1-8(2)16-6-9-3-4-15-10(5-9)17-7-11(12,13)14/h3-5,8,16H,6-7H2,1-2H3. The van der Waals surface area contributed by atoms with Crippen LogP contribution in [0.5, 0.6) is 5.88 Å². The molecule has 1 rings (SSSR count). The van der Waals surface area contributed by atoms with Gasteiger partial charge >= 0.3 is 6.18 Å². The molecule has 0 spiro atoms. The van der Waals surface area contributed by atoms with Gasteiger partial charge in [0.15, 0.2) is 6.61 Å². The van der Waals surface area contributed by atoms with Crippen molar-refractivity contribution in [2.75, 3.05) is 6.61 Å². The van der Waals surface area contributed by atoms with E-state index in [0.717, 1.165) is 5.56 Å². The van der Waals surface area contributed by atoms with E-state index in [1.165, 1.54) is 12.3 Å². The quantitative estimate of drug-likeness (QED) is 0.869. The van der Waals surface area contributed by atoms with Crippen LogP contribution < -0.4 is 10.1 Å². The maximum absolute atomic E-state index is 11.9. The van der Waals surface area contributed by atoms with Crippen LogP contribution in [0.4, 0.5) is 13.2 Å². The SMILES string of the molecule is CC(C)NCc1ccnc(OCC(F)(F)F)c1. The molecule has 0 aliphatic carbocycles. The van der Waals surface area contributed by atoms with Gasteiger partial charge in [-0.15, -0.1) is 0 Å². The number of hydrogen-bond donors (Lipinski definition) is 1. The molecule has 3 nitrogen and oxygen atoms in total. The first-order valence-electron chi connectivity index (χ1n) is 5.24. The van der Waals surface area contributed by atoms with Gasteiger partial charge in [-0.25, -0.2) is 4.98 Å². The summed E-state index contributed by atoms with van der Waals surface area (Å²) < 4.78 is 40.3. The summed E-state index contributed by atoms with van der Waals surface area (Å²) in [6, 6.07) is 3.54. The Morgan fingerprint density at radius 2 is 2.12 bits per heavy atom. The van der Waals surface area contributed by atoms with E-state index in [0.29, 0.717) is 12.6 Å². The van der Waals surface area contributed by atoms with Crippen LogP contribution in [0.25, 0.3) is 0 Å². The zero-order valence-electron chi connectivity index (χ0n) is 9.71. The summed E-state index contributed by atoms with van der Waals surface area (Å²) in [5, 5.41) is 3.16. The number of rotatable bonds is 5. The first-order chi connectivity index (χ1) is 7.87. The highest BCUT2D eigenvalue weighted by Crippen LogP contribution is 2.17. The lowest BCUT2D eigenvalue weighted by Gasteiger charge is -2.10. The molecule has 17 heavy (non-hydrogen) atoms. The summed E-state index contributed by atoms with van der Waals surface area (Å²) in [7, 11) is 0. The lowest BCUT2D eigenvalue weighted by molar-refractivity contribution is -0.154. The van der Waals surface area contributed by atoms with Crippen molar-refractivity contribution in [3.63, 3.8) is 0 Å². The number of pyridine rings is 1. The zero-order valence-corrected chi connectivity index (χ0v) is 9.71. The fourth-order valence-electron chi connectivity index (χ4n) is 1.12. The predicted molar refractivity (Wildman–Crippen MR) is 57.8 cm³/mol. The van der Waals surface area contributed by atoms with Gasteiger partial charge in [-0.2, -0.15) is 13.2 Å². The van der Waals surface area contributed by atoms with E-state index in [1.54, 1.807) is 6.07 Å². The summed E-state index contributed by atoms with van der Waals surface area (Å²) >= 11 is 0. The molecule has 0 aliphatic rings. The molecule has 0 fully saturated rings. The van der Waals surface area contributed by atoms with E-state index in [9.17, 15) is 13.2 Å². The van der Waals surface area contributed by atoms with Crippen LogP contribution in [0.3, 0.4) is 0 Å². The smallest absolute Gasteiger partial charge is 0.422 e. The molecular formula is C11H15F3N2O. The first-order valence-corrected chi connectivity index (χ1v) is 5.24. The van der Waals surface area contributed by atoms with Gasteiger partial charge in [0, 0.05) is 24.8 Å². The lowest BCUT2D eigenvalue weighted by Crippen LogP contribution is -2.22. The fourth-order valence-corrected chi connectivity index (χ4v) is 1.12. The van der Waals surface area contributed by atoms with Crippen LogP contribution in [-0.2, 0) is 6.54 Å². The van der Waals surface area contributed by atoms with Crippen LogP contribution in [0.2, 0.25) is 0 Å². The number of hydrogen-bond acceptors (Lipinski definition) is 3. The summed E-state index contributed by atoms with van der Waals surface area (Å²) in [5.41, 5.74) is 0.839. The van der Waals surface area contributed by atoms with Gasteiger partial charge in [0.25, 0.3) is 0 Å². The molecule has 1 N–H and O–H groups in total. The Kier molecular flexibility index (Phi) is 4.74. The topological polar surface area (TPSA) is 34.2 Å². The third-order valence-corrected chi connectivity index (χ3v) is 1.90. The van der Waals surface area contributed by atoms with Gasteiger partial charge in [0.1, 0.15) is 0 Å². The van der Waals surface area contributed by atoms with Crippen LogP contribution in [0, 0.1) is 0 Å². The predicted octanol–water partition coefficient (Wildman–Crippen LogP) is 2.52. The zero-order chi connectivity index (χ0) is 12.9. The largest absolute Gasteiger partial charge is 0.468 e. The summed E-state index contributed by atoms with van der Waals surface area (Å²) in [5.74, 6) is -0.00891. The Balaban J connectivity index is 2.54. The number of alkyl halides is 3. The van der Waals surface area contributed by atoms with E-state index in [2.05, 4.69) is 15.0 Å². The van der Waals surface area contributed by atoms with E-state index >= 15 is 0 Å². The molecule has 0 saturated heterocycles. The van der Waals surface area contributed by atoms with Crippen LogP contribution in [0.15, 0.2) is 18.3 Å². The summed E-state index contributed by atoms with van der Waals surface area (Å²) in [6.07, 6.45) is -2.91. The second-order valence-corrected chi connectivity index (χ2v) is 3.94. The number of halogens is 3. The Morgan fingerprint density at radius 1 is 1.41 bits per heavy atom. The molecule has 0 saturated carbocycles. The van der Waals surface area contributed by atoms with Crippen molar-refractivity contribution in [3.8, 4) is 5.88 Å². The number of ether oxygens (including phenoxy) is 1. The van der Waals surface area contributed by atoms with Gasteiger partial charge < -0.3 is 10.1 Å². The molecule has 0 unspecified atom stereocenters. The Labute approximate surface area is 98.0 Å². The molecule has 96 valence electrons. The van der Waals surface area contributed by atoms with E-state index in [-0.39, 0.29) is 5.88 Å². The first kappa shape index (κ1) is 13.8. The molecule has 0 aliphatic heterocycles. The van der Waals surface area contributed by atoms with E-state index in [1.807, 2.05) is 13.8 Å². The monoisotopic (exact) mass is 248 g/mol. The highest BCUT2D eigenvalue weighted by atomic mass is 19.4. The van der Waals surface area contributed by atoms with Crippen molar-refractivity contribution < 1.29 is 17.9 Å². The Morgan fingerprint density at radius 3 is 2.71 bits per heavy atom. The van der Waals surface area contributed by atoms with Crippen molar-refractivity contribution in [2.24, 2.45) is 0 Å².